The third kappa shape index (κ3) is 5.07. The van der Waals surface area contributed by atoms with E-state index in [4.69, 9.17) is 16.3 Å². The Balaban J connectivity index is 1.42. The van der Waals surface area contributed by atoms with Crippen molar-refractivity contribution in [2.75, 3.05) is 6.61 Å². The standard InChI is InChI=1S/C23H22ClN3O3/c24-18-10-11-20(22-17(18)7-4-12-25-22)30-14-21(28)27-19(23(29)26-16-8-9-16)13-15-5-2-1-3-6-15/h1-7,10-12,16,19H,8-9,13-14H2,(H,26,29)(H,27,28). The number of benzene rings is 2. The van der Waals surface area contributed by atoms with Gasteiger partial charge in [0, 0.05) is 24.0 Å². The van der Waals surface area contributed by atoms with Gasteiger partial charge in [-0.1, -0.05) is 41.9 Å². The van der Waals surface area contributed by atoms with E-state index in [2.05, 4.69) is 15.6 Å². The highest BCUT2D eigenvalue weighted by molar-refractivity contribution is 6.35. The molecular weight excluding hydrogens is 402 g/mol. The summed E-state index contributed by atoms with van der Waals surface area (Å²) in [5, 5.41) is 7.09. The number of carbonyl (C=O) groups is 2. The average molecular weight is 424 g/mol. The molecule has 7 heteroatoms. The van der Waals surface area contributed by atoms with Gasteiger partial charge in [0.2, 0.25) is 5.91 Å². The molecule has 1 unspecified atom stereocenters. The molecule has 3 aromatic rings. The lowest BCUT2D eigenvalue weighted by Gasteiger charge is -2.19. The van der Waals surface area contributed by atoms with Crippen molar-refractivity contribution in [3.05, 3.63) is 71.4 Å². The number of rotatable bonds is 8. The number of nitrogens with one attached hydrogen (secondary N) is 2. The SMILES string of the molecule is O=C(COc1ccc(Cl)c2cccnc12)NC(Cc1ccccc1)C(=O)NC1CC1. The molecule has 1 aromatic heterocycles. The van der Waals surface area contributed by atoms with Gasteiger partial charge in [-0.2, -0.15) is 0 Å². The van der Waals surface area contributed by atoms with Gasteiger partial charge in [-0.25, -0.2) is 0 Å². The molecule has 1 atom stereocenters. The van der Waals surface area contributed by atoms with Crippen LogP contribution in [-0.4, -0.2) is 35.5 Å². The van der Waals surface area contributed by atoms with E-state index in [1.807, 2.05) is 36.4 Å². The quantitative estimate of drug-likeness (QED) is 0.582. The van der Waals surface area contributed by atoms with E-state index in [9.17, 15) is 9.59 Å². The third-order valence-corrected chi connectivity index (χ3v) is 5.23. The molecule has 0 spiro atoms. The minimum atomic E-state index is -0.663. The second-order valence-corrected chi connectivity index (χ2v) is 7.73. The van der Waals surface area contributed by atoms with Crippen LogP contribution in [0.4, 0.5) is 0 Å². The number of carbonyl (C=O) groups excluding carboxylic acids is 2. The van der Waals surface area contributed by atoms with E-state index in [-0.39, 0.29) is 24.5 Å². The van der Waals surface area contributed by atoms with E-state index in [0.29, 0.717) is 22.7 Å². The maximum atomic E-state index is 12.6. The minimum Gasteiger partial charge on any atom is -0.481 e. The average Bonchev–Trinajstić information content (AvgIpc) is 3.58. The molecule has 1 heterocycles. The van der Waals surface area contributed by atoms with Gasteiger partial charge in [-0.05, 0) is 42.7 Å². The predicted molar refractivity (Wildman–Crippen MR) is 115 cm³/mol. The highest BCUT2D eigenvalue weighted by Gasteiger charge is 2.28. The summed E-state index contributed by atoms with van der Waals surface area (Å²) in [4.78, 5) is 29.5. The van der Waals surface area contributed by atoms with Crippen LogP contribution in [0.2, 0.25) is 5.02 Å². The second kappa shape index (κ2) is 9.13. The summed E-state index contributed by atoms with van der Waals surface area (Å²) >= 11 is 6.20. The molecule has 1 aliphatic rings. The molecule has 0 bridgehead atoms. The largest absolute Gasteiger partial charge is 0.481 e. The van der Waals surface area contributed by atoms with Gasteiger partial charge in [0.05, 0.1) is 5.02 Å². The lowest BCUT2D eigenvalue weighted by atomic mass is 10.1. The molecule has 2 aromatic carbocycles. The summed E-state index contributed by atoms with van der Waals surface area (Å²) in [5.74, 6) is -0.0820. The molecule has 2 amide bonds. The van der Waals surface area contributed by atoms with Crippen molar-refractivity contribution in [1.82, 2.24) is 15.6 Å². The van der Waals surface area contributed by atoms with E-state index >= 15 is 0 Å². The number of hydrogen-bond donors (Lipinski definition) is 2. The molecule has 2 N–H and O–H groups in total. The molecule has 1 saturated carbocycles. The topological polar surface area (TPSA) is 80.3 Å². The molecule has 0 radical (unpaired) electrons. The second-order valence-electron chi connectivity index (χ2n) is 7.33. The monoisotopic (exact) mass is 423 g/mol. The summed E-state index contributed by atoms with van der Waals surface area (Å²) in [6.07, 6.45) is 4.02. The van der Waals surface area contributed by atoms with Crippen LogP contribution in [0, 0.1) is 0 Å². The van der Waals surface area contributed by atoms with Crippen molar-refractivity contribution in [3.8, 4) is 5.75 Å². The first-order valence-corrected chi connectivity index (χ1v) is 10.3. The fourth-order valence-electron chi connectivity index (χ4n) is 3.20. The van der Waals surface area contributed by atoms with Crippen LogP contribution >= 0.6 is 11.6 Å². The number of nitrogens with zero attached hydrogens (tertiary/aromatic N) is 1. The Hall–Kier alpha value is -3.12. The first-order chi connectivity index (χ1) is 14.6. The number of amides is 2. The van der Waals surface area contributed by atoms with Crippen molar-refractivity contribution >= 4 is 34.3 Å². The lowest BCUT2D eigenvalue weighted by Crippen LogP contribution is -2.49. The Morgan fingerprint density at radius 3 is 2.67 bits per heavy atom. The number of halogens is 1. The van der Waals surface area contributed by atoms with Crippen molar-refractivity contribution < 1.29 is 14.3 Å². The molecule has 4 rings (SSSR count). The number of ether oxygens (including phenoxy) is 1. The fraction of sp³-hybridized carbons (Fsp3) is 0.261. The highest BCUT2D eigenvalue weighted by Crippen LogP contribution is 2.29. The van der Waals surface area contributed by atoms with Crippen LogP contribution in [0.3, 0.4) is 0 Å². The Morgan fingerprint density at radius 1 is 1.10 bits per heavy atom. The van der Waals surface area contributed by atoms with Gasteiger partial charge in [-0.15, -0.1) is 0 Å². The first kappa shape index (κ1) is 20.2. The van der Waals surface area contributed by atoms with Crippen molar-refractivity contribution in [1.29, 1.82) is 0 Å². The van der Waals surface area contributed by atoms with Gasteiger partial charge in [-0.3, -0.25) is 14.6 Å². The fourth-order valence-corrected chi connectivity index (χ4v) is 3.41. The molecule has 1 aliphatic carbocycles. The maximum Gasteiger partial charge on any atom is 0.258 e. The first-order valence-electron chi connectivity index (χ1n) is 9.90. The van der Waals surface area contributed by atoms with Crippen LogP contribution in [0.25, 0.3) is 10.9 Å². The number of pyridine rings is 1. The number of fused-ring (bicyclic) bond motifs is 1. The van der Waals surface area contributed by atoms with Gasteiger partial charge in [0.1, 0.15) is 17.3 Å². The van der Waals surface area contributed by atoms with Gasteiger partial charge in [0.15, 0.2) is 6.61 Å². The van der Waals surface area contributed by atoms with Gasteiger partial charge < -0.3 is 15.4 Å². The zero-order valence-corrected chi connectivity index (χ0v) is 17.1. The number of aromatic nitrogens is 1. The van der Waals surface area contributed by atoms with Gasteiger partial charge >= 0.3 is 0 Å². The van der Waals surface area contributed by atoms with Gasteiger partial charge in [0.25, 0.3) is 5.91 Å². The van der Waals surface area contributed by atoms with Crippen LogP contribution in [0.5, 0.6) is 5.75 Å². The Labute approximate surface area is 179 Å². The van der Waals surface area contributed by atoms with Crippen molar-refractivity contribution in [2.45, 2.75) is 31.3 Å². The normalized spacial score (nSPS) is 14.2. The Bertz CT molecular complexity index is 1050. The highest BCUT2D eigenvalue weighted by atomic mass is 35.5. The lowest BCUT2D eigenvalue weighted by molar-refractivity contribution is -0.130. The van der Waals surface area contributed by atoms with Crippen LogP contribution in [0.1, 0.15) is 18.4 Å². The Morgan fingerprint density at radius 2 is 1.90 bits per heavy atom. The smallest absolute Gasteiger partial charge is 0.258 e. The maximum absolute atomic E-state index is 12.6. The summed E-state index contributed by atoms with van der Waals surface area (Å²) < 4.78 is 5.70. The molecule has 0 aliphatic heterocycles. The van der Waals surface area contributed by atoms with Crippen LogP contribution < -0.4 is 15.4 Å². The predicted octanol–water partition coefficient (Wildman–Crippen LogP) is 3.27. The zero-order chi connectivity index (χ0) is 20.9. The van der Waals surface area contributed by atoms with E-state index in [1.54, 1.807) is 24.4 Å². The minimum absolute atomic E-state index is 0.173. The summed E-state index contributed by atoms with van der Waals surface area (Å²) in [6.45, 7) is -0.227. The third-order valence-electron chi connectivity index (χ3n) is 4.90. The summed E-state index contributed by atoms with van der Waals surface area (Å²) in [7, 11) is 0. The van der Waals surface area contributed by atoms with Crippen molar-refractivity contribution in [2.24, 2.45) is 0 Å². The summed E-state index contributed by atoms with van der Waals surface area (Å²) in [6, 6.07) is 16.2. The van der Waals surface area contributed by atoms with Crippen LogP contribution in [-0.2, 0) is 16.0 Å². The number of hydrogen-bond acceptors (Lipinski definition) is 4. The van der Waals surface area contributed by atoms with Crippen molar-refractivity contribution in [3.63, 3.8) is 0 Å². The van der Waals surface area contributed by atoms with E-state index in [0.717, 1.165) is 23.8 Å². The zero-order valence-electron chi connectivity index (χ0n) is 16.3. The van der Waals surface area contributed by atoms with E-state index in [1.165, 1.54) is 0 Å². The van der Waals surface area contributed by atoms with E-state index < -0.39 is 6.04 Å². The van der Waals surface area contributed by atoms with Crippen LogP contribution in [0.15, 0.2) is 60.8 Å². The molecule has 6 nitrogen and oxygen atoms in total. The molecule has 154 valence electrons. The summed E-state index contributed by atoms with van der Waals surface area (Å²) in [5.41, 5.74) is 1.56. The molecular formula is C23H22ClN3O3. The molecule has 0 saturated heterocycles. The Kier molecular flexibility index (Phi) is 6.14. The molecule has 30 heavy (non-hydrogen) atoms. The molecule has 1 fully saturated rings.